The van der Waals surface area contributed by atoms with Gasteiger partial charge in [-0.1, -0.05) is 24.3 Å². The predicted molar refractivity (Wildman–Crippen MR) is 105 cm³/mol. The summed E-state index contributed by atoms with van der Waals surface area (Å²) < 4.78 is 23.6. The average Bonchev–Trinajstić information content (AvgIpc) is 2.84. The minimum Gasteiger partial charge on any atom is -0.399 e. The number of hydrogen-bond acceptors (Lipinski definition) is 4. The van der Waals surface area contributed by atoms with Crippen LogP contribution in [0.3, 0.4) is 0 Å². The average molecular weight is 360 g/mol. The first-order valence-corrected chi connectivity index (χ1v) is 10.1. The van der Waals surface area contributed by atoms with Crippen LogP contribution in [0.1, 0.15) is 65.4 Å². The standard InChI is InChI=1S/C21H33BO4/c1-20(2)21(3,4)26-22(25-20)18-13-11-17(12-14-18)9-5-7-15-23-19-10-6-8-16-24-19/h11-14,19H,5-10,15-16H2,1-4H3. The quantitative estimate of drug-likeness (QED) is 0.547. The van der Waals surface area contributed by atoms with Gasteiger partial charge in [-0.05, 0) is 77.2 Å². The lowest BCUT2D eigenvalue weighted by molar-refractivity contribution is -0.162. The first-order valence-electron chi connectivity index (χ1n) is 10.1. The molecular weight excluding hydrogens is 327 g/mol. The summed E-state index contributed by atoms with van der Waals surface area (Å²) in [7, 11) is -0.280. The second-order valence-corrected chi connectivity index (χ2v) is 8.45. The topological polar surface area (TPSA) is 36.9 Å². The smallest absolute Gasteiger partial charge is 0.399 e. The van der Waals surface area contributed by atoms with Crippen molar-refractivity contribution in [2.45, 2.75) is 83.7 Å². The Kier molecular flexibility index (Phi) is 6.44. The molecule has 0 aromatic heterocycles. The van der Waals surface area contributed by atoms with Gasteiger partial charge in [-0.15, -0.1) is 0 Å². The molecule has 0 N–H and O–H groups in total. The lowest BCUT2D eigenvalue weighted by atomic mass is 9.78. The number of rotatable bonds is 7. The fourth-order valence-electron chi connectivity index (χ4n) is 3.31. The van der Waals surface area contributed by atoms with Crippen molar-refractivity contribution < 1.29 is 18.8 Å². The molecule has 1 atom stereocenters. The summed E-state index contributed by atoms with van der Waals surface area (Å²) in [5.74, 6) is 0. The van der Waals surface area contributed by atoms with Crippen LogP contribution in [-0.2, 0) is 25.2 Å². The molecule has 2 saturated heterocycles. The predicted octanol–water partition coefficient (Wildman–Crippen LogP) is 3.85. The van der Waals surface area contributed by atoms with Crippen molar-refractivity contribution in [2.24, 2.45) is 0 Å². The van der Waals surface area contributed by atoms with Gasteiger partial charge in [0.2, 0.25) is 0 Å². The van der Waals surface area contributed by atoms with Crippen LogP contribution in [0.15, 0.2) is 24.3 Å². The molecule has 4 nitrogen and oxygen atoms in total. The molecule has 144 valence electrons. The Morgan fingerprint density at radius 1 is 1.00 bits per heavy atom. The van der Waals surface area contributed by atoms with Gasteiger partial charge in [-0.25, -0.2) is 0 Å². The Bertz CT molecular complexity index is 548. The largest absolute Gasteiger partial charge is 0.494 e. The Hall–Kier alpha value is -0.875. The van der Waals surface area contributed by atoms with Crippen molar-refractivity contribution in [1.29, 1.82) is 0 Å². The molecule has 2 aliphatic heterocycles. The maximum Gasteiger partial charge on any atom is 0.494 e. The molecule has 0 aliphatic carbocycles. The number of hydrogen-bond donors (Lipinski definition) is 0. The minimum absolute atomic E-state index is 0.0305. The molecule has 3 rings (SSSR count). The Morgan fingerprint density at radius 2 is 1.69 bits per heavy atom. The van der Waals surface area contributed by atoms with Gasteiger partial charge in [0.25, 0.3) is 0 Å². The zero-order valence-electron chi connectivity index (χ0n) is 16.8. The Balaban J connectivity index is 1.39. The highest BCUT2D eigenvalue weighted by Gasteiger charge is 2.51. The van der Waals surface area contributed by atoms with Gasteiger partial charge in [0.15, 0.2) is 6.29 Å². The van der Waals surface area contributed by atoms with E-state index < -0.39 is 0 Å². The first-order chi connectivity index (χ1) is 12.4. The van der Waals surface area contributed by atoms with Crippen LogP contribution in [-0.4, -0.2) is 37.8 Å². The summed E-state index contributed by atoms with van der Waals surface area (Å²) in [6.45, 7) is 9.98. The van der Waals surface area contributed by atoms with Gasteiger partial charge in [0, 0.05) is 13.2 Å². The zero-order valence-corrected chi connectivity index (χ0v) is 16.8. The van der Waals surface area contributed by atoms with Gasteiger partial charge < -0.3 is 18.8 Å². The molecule has 2 fully saturated rings. The van der Waals surface area contributed by atoms with Crippen molar-refractivity contribution in [1.82, 2.24) is 0 Å². The van der Waals surface area contributed by atoms with E-state index in [0.717, 1.165) is 44.4 Å². The second kappa shape index (κ2) is 8.43. The molecule has 26 heavy (non-hydrogen) atoms. The third-order valence-electron chi connectivity index (χ3n) is 5.81. The molecule has 0 spiro atoms. The summed E-state index contributed by atoms with van der Waals surface area (Å²) in [6.07, 6.45) is 6.73. The second-order valence-electron chi connectivity index (χ2n) is 8.45. The number of aryl methyl sites for hydroxylation is 1. The summed E-state index contributed by atoms with van der Waals surface area (Å²) in [4.78, 5) is 0. The molecule has 1 unspecified atom stereocenters. The monoisotopic (exact) mass is 360 g/mol. The molecule has 0 saturated carbocycles. The van der Waals surface area contributed by atoms with Crippen LogP contribution in [0.2, 0.25) is 0 Å². The molecule has 1 aromatic rings. The van der Waals surface area contributed by atoms with E-state index >= 15 is 0 Å². The van der Waals surface area contributed by atoms with Gasteiger partial charge in [-0.3, -0.25) is 0 Å². The van der Waals surface area contributed by atoms with Crippen LogP contribution < -0.4 is 5.46 Å². The van der Waals surface area contributed by atoms with Crippen molar-refractivity contribution >= 4 is 12.6 Å². The third-order valence-corrected chi connectivity index (χ3v) is 5.81. The minimum atomic E-state index is -0.293. The van der Waals surface area contributed by atoms with Crippen LogP contribution >= 0.6 is 0 Å². The lowest BCUT2D eigenvalue weighted by Crippen LogP contribution is -2.41. The fourth-order valence-corrected chi connectivity index (χ4v) is 3.31. The highest BCUT2D eigenvalue weighted by atomic mass is 16.7. The van der Waals surface area contributed by atoms with Gasteiger partial charge >= 0.3 is 7.12 Å². The number of benzene rings is 1. The van der Waals surface area contributed by atoms with Gasteiger partial charge in [-0.2, -0.15) is 0 Å². The molecule has 1 aromatic carbocycles. The third kappa shape index (κ3) is 4.89. The van der Waals surface area contributed by atoms with E-state index in [1.807, 2.05) is 0 Å². The van der Waals surface area contributed by atoms with E-state index in [4.69, 9.17) is 18.8 Å². The van der Waals surface area contributed by atoms with E-state index in [1.165, 1.54) is 18.4 Å². The molecular formula is C21H33BO4. The highest BCUT2D eigenvalue weighted by molar-refractivity contribution is 6.62. The van der Waals surface area contributed by atoms with Crippen molar-refractivity contribution in [3.05, 3.63) is 29.8 Å². The van der Waals surface area contributed by atoms with Crippen LogP contribution in [0.25, 0.3) is 0 Å². The Labute approximate surface area is 158 Å². The molecule has 0 amide bonds. The van der Waals surface area contributed by atoms with E-state index in [2.05, 4.69) is 52.0 Å². The van der Waals surface area contributed by atoms with Crippen LogP contribution in [0.4, 0.5) is 0 Å². The highest BCUT2D eigenvalue weighted by Crippen LogP contribution is 2.36. The van der Waals surface area contributed by atoms with Crippen molar-refractivity contribution in [3.8, 4) is 0 Å². The number of unbranched alkanes of at least 4 members (excludes halogenated alkanes) is 1. The normalized spacial score (nSPS) is 24.8. The molecule has 2 heterocycles. The van der Waals surface area contributed by atoms with Crippen LogP contribution in [0, 0.1) is 0 Å². The SMILES string of the molecule is CC1(C)OB(c2ccc(CCCCOC3CCCCO3)cc2)OC1(C)C. The molecule has 5 heteroatoms. The zero-order chi connectivity index (χ0) is 18.6. The van der Waals surface area contributed by atoms with Crippen molar-refractivity contribution in [3.63, 3.8) is 0 Å². The van der Waals surface area contributed by atoms with E-state index in [-0.39, 0.29) is 24.6 Å². The summed E-state index contributed by atoms with van der Waals surface area (Å²) in [5.41, 5.74) is 1.85. The summed E-state index contributed by atoms with van der Waals surface area (Å²) in [5, 5.41) is 0. The molecule has 0 bridgehead atoms. The molecule has 2 aliphatic rings. The lowest BCUT2D eigenvalue weighted by Gasteiger charge is -2.32. The number of ether oxygens (including phenoxy) is 2. The summed E-state index contributed by atoms with van der Waals surface area (Å²) >= 11 is 0. The van der Waals surface area contributed by atoms with E-state index in [0.29, 0.717) is 0 Å². The van der Waals surface area contributed by atoms with E-state index in [9.17, 15) is 0 Å². The fraction of sp³-hybridized carbons (Fsp3) is 0.714. The summed E-state index contributed by atoms with van der Waals surface area (Å²) in [6, 6.07) is 8.63. The van der Waals surface area contributed by atoms with Gasteiger partial charge in [0.05, 0.1) is 11.2 Å². The first kappa shape index (κ1) is 19.9. The van der Waals surface area contributed by atoms with E-state index in [1.54, 1.807) is 0 Å². The Morgan fingerprint density at radius 3 is 2.31 bits per heavy atom. The van der Waals surface area contributed by atoms with Crippen molar-refractivity contribution in [2.75, 3.05) is 13.2 Å². The maximum absolute atomic E-state index is 6.11. The van der Waals surface area contributed by atoms with Gasteiger partial charge in [0.1, 0.15) is 0 Å². The maximum atomic E-state index is 6.11. The molecule has 0 radical (unpaired) electrons. The van der Waals surface area contributed by atoms with Crippen LogP contribution in [0.5, 0.6) is 0 Å².